The summed E-state index contributed by atoms with van der Waals surface area (Å²) in [5.41, 5.74) is -0.0300. The van der Waals surface area contributed by atoms with Gasteiger partial charge in [-0.2, -0.15) is 0 Å². The van der Waals surface area contributed by atoms with Crippen molar-refractivity contribution in [3.63, 3.8) is 0 Å². The molecule has 0 spiro atoms. The zero-order valence-electron chi connectivity index (χ0n) is 12.3. The average molecular weight is 295 g/mol. The Morgan fingerprint density at radius 3 is 3.10 bits per heavy atom. The number of aliphatic hydroxyl groups excluding tert-OH is 1. The Morgan fingerprint density at radius 2 is 2.29 bits per heavy atom. The molecule has 2 aliphatic rings. The van der Waals surface area contributed by atoms with Crippen molar-refractivity contribution in [3.8, 4) is 11.5 Å². The van der Waals surface area contributed by atoms with Crippen molar-refractivity contribution in [1.82, 2.24) is 4.90 Å². The smallest absolute Gasteiger partial charge is 0.164 e. The number of nitrogens with zero attached hydrogens (tertiary/aromatic N) is 1. The van der Waals surface area contributed by atoms with Crippen LogP contribution in [0.25, 0.3) is 0 Å². The van der Waals surface area contributed by atoms with Gasteiger partial charge in [-0.05, 0) is 31.5 Å². The van der Waals surface area contributed by atoms with Crippen LogP contribution in [0.3, 0.4) is 0 Å². The number of hydrogen-bond donors (Lipinski definition) is 1. The maximum Gasteiger partial charge on any atom is 0.164 e. The number of fused-ring (bicyclic) bond motifs is 1. The normalized spacial score (nSPS) is 29.4. The van der Waals surface area contributed by atoms with Crippen LogP contribution in [0.5, 0.6) is 11.5 Å². The van der Waals surface area contributed by atoms with E-state index in [1.807, 2.05) is 0 Å². The second-order valence-corrected chi connectivity index (χ2v) is 6.45. The fraction of sp³-hybridized carbons (Fsp3) is 0.625. The Bertz CT molecular complexity index is 510. The first-order chi connectivity index (χ1) is 10.1. The van der Waals surface area contributed by atoms with Crippen LogP contribution in [0.15, 0.2) is 18.2 Å². The van der Waals surface area contributed by atoms with Gasteiger partial charge in [-0.25, -0.2) is 4.39 Å². The standard InChI is InChI=1S/C16H22FNO3/c1-16(11-19)5-2-6-18(10-16)8-13-9-20-14-4-3-12(17)7-15(14)21-13/h3-4,7,13,19H,2,5-6,8-11H2,1H3. The van der Waals surface area contributed by atoms with Gasteiger partial charge in [0, 0.05) is 31.2 Å². The van der Waals surface area contributed by atoms with E-state index in [-0.39, 0.29) is 23.9 Å². The first-order valence-electron chi connectivity index (χ1n) is 7.50. The lowest BCUT2D eigenvalue weighted by Gasteiger charge is -2.41. The van der Waals surface area contributed by atoms with Crippen molar-refractivity contribution in [1.29, 1.82) is 0 Å². The van der Waals surface area contributed by atoms with E-state index in [1.54, 1.807) is 6.07 Å². The summed E-state index contributed by atoms with van der Waals surface area (Å²) in [6.07, 6.45) is 2.03. The second-order valence-electron chi connectivity index (χ2n) is 6.45. The molecule has 3 rings (SSSR count). The van der Waals surface area contributed by atoms with Crippen LogP contribution in [-0.2, 0) is 0 Å². The Morgan fingerprint density at radius 1 is 1.43 bits per heavy atom. The van der Waals surface area contributed by atoms with Crippen LogP contribution in [0.1, 0.15) is 19.8 Å². The van der Waals surface area contributed by atoms with Gasteiger partial charge < -0.3 is 14.6 Å². The maximum absolute atomic E-state index is 13.3. The molecule has 1 aromatic rings. The van der Waals surface area contributed by atoms with Gasteiger partial charge in [0.1, 0.15) is 18.5 Å². The molecule has 21 heavy (non-hydrogen) atoms. The average Bonchev–Trinajstić information content (AvgIpc) is 2.47. The number of rotatable bonds is 3. The number of halogens is 1. The van der Waals surface area contributed by atoms with Crippen LogP contribution < -0.4 is 9.47 Å². The second kappa shape index (κ2) is 5.81. The molecule has 1 saturated heterocycles. The fourth-order valence-corrected chi connectivity index (χ4v) is 3.18. The van der Waals surface area contributed by atoms with E-state index < -0.39 is 0 Å². The van der Waals surface area contributed by atoms with E-state index in [0.29, 0.717) is 18.1 Å². The minimum Gasteiger partial charge on any atom is -0.486 e. The molecule has 2 aliphatic heterocycles. The molecule has 2 atom stereocenters. The van der Waals surface area contributed by atoms with Gasteiger partial charge >= 0.3 is 0 Å². The van der Waals surface area contributed by atoms with Crippen molar-refractivity contribution < 1.29 is 19.0 Å². The maximum atomic E-state index is 13.3. The number of likely N-dealkylation sites (tertiary alicyclic amines) is 1. The summed E-state index contributed by atoms with van der Waals surface area (Å²) in [5, 5.41) is 9.51. The summed E-state index contributed by atoms with van der Waals surface area (Å²) >= 11 is 0. The third-order valence-corrected chi connectivity index (χ3v) is 4.33. The van der Waals surface area contributed by atoms with Crippen LogP contribution in [0, 0.1) is 11.2 Å². The van der Waals surface area contributed by atoms with Crippen molar-refractivity contribution in [2.24, 2.45) is 5.41 Å². The Balaban J connectivity index is 1.62. The molecule has 0 aromatic heterocycles. The Kier molecular flexibility index (Phi) is 4.04. The molecule has 0 aliphatic carbocycles. The van der Waals surface area contributed by atoms with E-state index >= 15 is 0 Å². The van der Waals surface area contributed by atoms with Crippen molar-refractivity contribution >= 4 is 0 Å². The Labute approximate surface area is 124 Å². The monoisotopic (exact) mass is 295 g/mol. The van der Waals surface area contributed by atoms with E-state index in [0.717, 1.165) is 32.5 Å². The van der Waals surface area contributed by atoms with E-state index in [4.69, 9.17) is 9.47 Å². The summed E-state index contributed by atoms with van der Waals surface area (Å²) < 4.78 is 24.7. The number of benzene rings is 1. The van der Waals surface area contributed by atoms with Gasteiger partial charge in [0.05, 0.1) is 0 Å². The lowest BCUT2D eigenvalue weighted by molar-refractivity contribution is 0.00808. The SMILES string of the molecule is CC1(CO)CCCN(CC2COc3ccc(F)cc3O2)C1. The number of piperidine rings is 1. The predicted molar refractivity (Wildman–Crippen MR) is 77.2 cm³/mol. The molecule has 1 aromatic carbocycles. The highest BCUT2D eigenvalue weighted by Gasteiger charge is 2.32. The van der Waals surface area contributed by atoms with Crippen LogP contribution in [0.2, 0.25) is 0 Å². The molecule has 1 fully saturated rings. The lowest BCUT2D eigenvalue weighted by Crippen LogP contribution is -2.49. The molecule has 116 valence electrons. The molecule has 0 saturated carbocycles. The van der Waals surface area contributed by atoms with Gasteiger partial charge in [-0.1, -0.05) is 6.92 Å². The molecule has 0 radical (unpaired) electrons. The van der Waals surface area contributed by atoms with Gasteiger partial charge in [0.25, 0.3) is 0 Å². The molecule has 0 amide bonds. The van der Waals surface area contributed by atoms with Crippen molar-refractivity contribution in [2.75, 3.05) is 32.8 Å². The van der Waals surface area contributed by atoms with Gasteiger partial charge in [-0.15, -0.1) is 0 Å². The number of ether oxygens (including phenoxy) is 2. The Hall–Kier alpha value is -1.33. The van der Waals surface area contributed by atoms with Crippen LogP contribution >= 0.6 is 0 Å². The van der Waals surface area contributed by atoms with Crippen LogP contribution in [0.4, 0.5) is 4.39 Å². The first-order valence-corrected chi connectivity index (χ1v) is 7.50. The highest BCUT2D eigenvalue weighted by atomic mass is 19.1. The van der Waals surface area contributed by atoms with Crippen LogP contribution in [-0.4, -0.2) is 49.0 Å². The zero-order valence-corrected chi connectivity index (χ0v) is 12.3. The van der Waals surface area contributed by atoms with E-state index in [2.05, 4.69) is 11.8 Å². The third kappa shape index (κ3) is 3.30. The van der Waals surface area contributed by atoms with Crippen molar-refractivity contribution in [3.05, 3.63) is 24.0 Å². The van der Waals surface area contributed by atoms with Crippen molar-refractivity contribution in [2.45, 2.75) is 25.9 Å². The number of aliphatic hydroxyl groups is 1. The van der Waals surface area contributed by atoms with E-state index in [9.17, 15) is 9.50 Å². The molecule has 1 N–H and O–H groups in total. The lowest BCUT2D eigenvalue weighted by atomic mass is 9.83. The zero-order chi connectivity index (χ0) is 14.9. The summed E-state index contributed by atoms with van der Waals surface area (Å²) in [6.45, 7) is 5.41. The first kappa shape index (κ1) is 14.6. The molecule has 0 bridgehead atoms. The van der Waals surface area contributed by atoms with Gasteiger partial charge in [-0.3, -0.25) is 4.90 Å². The minimum atomic E-state index is -0.316. The molecule has 2 unspecified atom stereocenters. The van der Waals surface area contributed by atoms with E-state index in [1.165, 1.54) is 12.1 Å². The summed E-state index contributed by atoms with van der Waals surface area (Å²) in [5.74, 6) is 0.767. The third-order valence-electron chi connectivity index (χ3n) is 4.33. The minimum absolute atomic E-state index is 0.0300. The molecule has 4 nitrogen and oxygen atoms in total. The fourth-order valence-electron chi connectivity index (χ4n) is 3.18. The topological polar surface area (TPSA) is 41.9 Å². The highest BCUT2D eigenvalue weighted by molar-refractivity contribution is 5.41. The summed E-state index contributed by atoms with van der Waals surface area (Å²) in [7, 11) is 0. The quantitative estimate of drug-likeness (QED) is 0.927. The number of hydrogen-bond acceptors (Lipinski definition) is 4. The largest absolute Gasteiger partial charge is 0.486 e. The molecular formula is C16H22FNO3. The highest BCUT2D eigenvalue weighted by Crippen LogP contribution is 2.33. The summed E-state index contributed by atoms with van der Waals surface area (Å²) in [4.78, 5) is 2.30. The molecule has 5 heteroatoms. The molecular weight excluding hydrogens is 273 g/mol. The molecule has 2 heterocycles. The van der Waals surface area contributed by atoms with Gasteiger partial charge in [0.15, 0.2) is 11.5 Å². The predicted octanol–water partition coefficient (Wildman–Crippen LogP) is 2.06. The summed E-state index contributed by atoms with van der Waals surface area (Å²) in [6, 6.07) is 4.35. The van der Waals surface area contributed by atoms with Gasteiger partial charge in [0.2, 0.25) is 0 Å².